The Hall–Kier alpha value is -2.34. The molecule has 0 spiro atoms. The lowest BCUT2D eigenvalue weighted by Gasteiger charge is -2.27. The van der Waals surface area contributed by atoms with Gasteiger partial charge in [0.25, 0.3) is 0 Å². The number of imidazole rings is 1. The van der Waals surface area contributed by atoms with E-state index in [2.05, 4.69) is 55.2 Å². The minimum Gasteiger partial charge on any atom is -0.350 e. The molecule has 0 radical (unpaired) electrons. The number of nitrogens with one attached hydrogen (secondary N) is 1. The molecule has 0 fully saturated rings. The van der Waals surface area contributed by atoms with Crippen molar-refractivity contribution in [1.29, 1.82) is 0 Å². The van der Waals surface area contributed by atoms with E-state index in [4.69, 9.17) is 0 Å². The number of fused-ring (bicyclic) bond motifs is 1. The first-order valence-electron chi connectivity index (χ1n) is 8.06. The second kappa shape index (κ2) is 6.65. The van der Waals surface area contributed by atoms with Crippen LogP contribution in [0.25, 0.3) is 0 Å². The Morgan fingerprint density at radius 1 is 1.21 bits per heavy atom. The van der Waals surface area contributed by atoms with Crippen LogP contribution in [-0.4, -0.2) is 26.5 Å². The summed E-state index contributed by atoms with van der Waals surface area (Å²) in [6.07, 6.45) is 2.62. The lowest BCUT2D eigenvalue weighted by Crippen LogP contribution is -2.31. The van der Waals surface area contributed by atoms with Crippen LogP contribution >= 0.6 is 11.8 Å². The molecule has 0 atom stereocenters. The fraction of sp³-hybridized carbons (Fsp3) is 0.278. The quantitative estimate of drug-likeness (QED) is 0.584. The van der Waals surface area contributed by atoms with Crippen LogP contribution in [0.5, 0.6) is 0 Å². The molecule has 0 aliphatic carbocycles. The molecular weight excluding hydrogens is 318 g/mol. The summed E-state index contributed by atoms with van der Waals surface area (Å²) in [5.74, 6) is 2.89. The van der Waals surface area contributed by atoms with E-state index in [9.17, 15) is 0 Å². The number of hydrogen-bond donors (Lipinski definition) is 1. The van der Waals surface area contributed by atoms with Gasteiger partial charge in [-0.15, -0.1) is 11.8 Å². The van der Waals surface area contributed by atoms with Gasteiger partial charge in [0.05, 0.1) is 17.9 Å². The predicted molar refractivity (Wildman–Crippen MR) is 96.1 cm³/mol. The Bertz CT molecular complexity index is 830. The summed E-state index contributed by atoms with van der Waals surface area (Å²) in [6.45, 7) is 3.78. The normalized spacial score (nSPS) is 13.8. The van der Waals surface area contributed by atoms with Gasteiger partial charge in [-0.2, -0.15) is 0 Å². The first kappa shape index (κ1) is 15.2. The average Bonchev–Trinajstić information content (AvgIpc) is 3.00. The van der Waals surface area contributed by atoms with E-state index in [1.165, 1.54) is 17.0 Å². The third kappa shape index (κ3) is 3.28. The first-order valence-corrected chi connectivity index (χ1v) is 9.04. The standard InChI is InChI=1S/C18H19N5S/c1-13-21-15-7-8-23(10-16(15)22-13)17-9-18(20-12-19-17)24-11-14-5-3-2-4-6-14/h2-6,9,12H,7-8,10-11H2,1H3,(H,21,22). The maximum Gasteiger partial charge on any atom is 0.133 e. The van der Waals surface area contributed by atoms with Crippen molar-refractivity contribution in [2.75, 3.05) is 11.4 Å². The van der Waals surface area contributed by atoms with Crippen molar-refractivity contribution in [2.24, 2.45) is 0 Å². The van der Waals surface area contributed by atoms with E-state index < -0.39 is 0 Å². The number of aromatic nitrogens is 4. The molecule has 1 aliphatic rings. The van der Waals surface area contributed by atoms with Crippen molar-refractivity contribution in [2.45, 2.75) is 30.7 Å². The molecule has 0 amide bonds. The number of H-pyrrole nitrogens is 1. The fourth-order valence-corrected chi connectivity index (χ4v) is 3.76. The second-order valence-corrected chi connectivity index (χ2v) is 6.90. The average molecular weight is 337 g/mol. The molecule has 1 N–H and O–H groups in total. The Morgan fingerprint density at radius 2 is 2.08 bits per heavy atom. The summed E-state index contributed by atoms with van der Waals surface area (Å²) in [6, 6.07) is 12.5. The number of anilines is 1. The number of thioether (sulfide) groups is 1. The topological polar surface area (TPSA) is 57.7 Å². The zero-order valence-corrected chi connectivity index (χ0v) is 14.4. The number of aryl methyl sites for hydroxylation is 1. The molecule has 6 heteroatoms. The highest BCUT2D eigenvalue weighted by molar-refractivity contribution is 7.98. The molecule has 0 saturated heterocycles. The van der Waals surface area contributed by atoms with Gasteiger partial charge in [0, 0.05) is 24.8 Å². The number of rotatable bonds is 4. The van der Waals surface area contributed by atoms with Gasteiger partial charge in [-0.25, -0.2) is 15.0 Å². The molecule has 5 nitrogen and oxygen atoms in total. The van der Waals surface area contributed by atoms with Crippen LogP contribution in [0, 0.1) is 6.92 Å². The summed E-state index contributed by atoms with van der Waals surface area (Å²) in [7, 11) is 0. The molecule has 4 rings (SSSR count). The molecule has 122 valence electrons. The lowest BCUT2D eigenvalue weighted by molar-refractivity contribution is 0.697. The van der Waals surface area contributed by atoms with Gasteiger partial charge in [-0.1, -0.05) is 30.3 Å². The van der Waals surface area contributed by atoms with Gasteiger partial charge < -0.3 is 9.88 Å². The molecule has 3 aromatic rings. The maximum absolute atomic E-state index is 4.54. The number of aromatic amines is 1. The zero-order valence-electron chi connectivity index (χ0n) is 13.6. The summed E-state index contributed by atoms with van der Waals surface area (Å²) in [5.41, 5.74) is 3.70. The zero-order chi connectivity index (χ0) is 16.4. The van der Waals surface area contributed by atoms with E-state index in [-0.39, 0.29) is 0 Å². The highest BCUT2D eigenvalue weighted by atomic mass is 32.2. The van der Waals surface area contributed by atoms with Crippen LogP contribution in [0.3, 0.4) is 0 Å². The van der Waals surface area contributed by atoms with Gasteiger partial charge in [-0.05, 0) is 12.5 Å². The monoisotopic (exact) mass is 337 g/mol. The highest BCUT2D eigenvalue weighted by Gasteiger charge is 2.20. The van der Waals surface area contributed by atoms with E-state index in [1.54, 1.807) is 18.1 Å². The minimum absolute atomic E-state index is 0.829. The van der Waals surface area contributed by atoms with Crippen molar-refractivity contribution >= 4 is 17.6 Å². The van der Waals surface area contributed by atoms with Crippen LogP contribution < -0.4 is 4.90 Å². The van der Waals surface area contributed by atoms with Gasteiger partial charge in [0.15, 0.2) is 0 Å². The van der Waals surface area contributed by atoms with E-state index >= 15 is 0 Å². The van der Waals surface area contributed by atoms with Crippen LogP contribution in [0.2, 0.25) is 0 Å². The van der Waals surface area contributed by atoms with Gasteiger partial charge in [0.1, 0.15) is 23.0 Å². The molecular formula is C18H19N5S. The largest absolute Gasteiger partial charge is 0.350 e. The van der Waals surface area contributed by atoms with Crippen LogP contribution in [0.1, 0.15) is 22.8 Å². The van der Waals surface area contributed by atoms with Gasteiger partial charge in [-0.3, -0.25) is 0 Å². The number of hydrogen-bond acceptors (Lipinski definition) is 5. The summed E-state index contributed by atoms with van der Waals surface area (Å²) in [4.78, 5) is 19.1. The molecule has 3 heterocycles. The van der Waals surface area contributed by atoms with Crippen LogP contribution in [0.15, 0.2) is 47.8 Å². The first-order chi connectivity index (χ1) is 11.8. The minimum atomic E-state index is 0.829. The van der Waals surface area contributed by atoms with E-state index in [0.29, 0.717) is 0 Å². The smallest absolute Gasteiger partial charge is 0.133 e. The van der Waals surface area contributed by atoms with Gasteiger partial charge >= 0.3 is 0 Å². The van der Waals surface area contributed by atoms with Crippen molar-refractivity contribution in [3.63, 3.8) is 0 Å². The lowest BCUT2D eigenvalue weighted by atomic mass is 10.1. The Kier molecular flexibility index (Phi) is 4.21. The SMILES string of the molecule is Cc1nc2c([nH]1)CN(c1cc(SCc3ccccc3)ncn1)CC2. The molecule has 0 saturated carbocycles. The highest BCUT2D eigenvalue weighted by Crippen LogP contribution is 2.26. The van der Waals surface area contributed by atoms with Crippen LogP contribution in [0.4, 0.5) is 5.82 Å². The molecule has 1 aromatic carbocycles. The predicted octanol–water partition coefficient (Wildman–Crippen LogP) is 3.36. The Morgan fingerprint density at radius 3 is 2.96 bits per heavy atom. The van der Waals surface area contributed by atoms with Crippen LogP contribution in [-0.2, 0) is 18.7 Å². The number of nitrogens with zero attached hydrogens (tertiary/aromatic N) is 4. The van der Waals surface area contributed by atoms with E-state index in [1.807, 2.05) is 13.0 Å². The number of benzene rings is 1. The molecule has 0 unspecified atom stereocenters. The Labute approximate surface area is 145 Å². The van der Waals surface area contributed by atoms with Crippen molar-refractivity contribution in [3.05, 3.63) is 65.5 Å². The maximum atomic E-state index is 4.54. The Balaban J connectivity index is 1.47. The molecule has 0 bridgehead atoms. The fourth-order valence-electron chi connectivity index (χ4n) is 2.95. The summed E-state index contributed by atoms with van der Waals surface area (Å²) >= 11 is 1.74. The van der Waals surface area contributed by atoms with Crippen molar-refractivity contribution in [3.8, 4) is 0 Å². The van der Waals surface area contributed by atoms with Crippen molar-refractivity contribution in [1.82, 2.24) is 19.9 Å². The van der Waals surface area contributed by atoms with E-state index in [0.717, 1.165) is 41.9 Å². The van der Waals surface area contributed by atoms with Gasteiger partial charge in [0.2, 0.25) is 0 Å². The second-order valence-electron chi connectivity index (χ2n) is 5.91. The third-order valence-electron chi connectivity index (χ3n) is 4.13. The third-order valence-corrected chi connectivity index (χ3v) is 5.13. The van der Waals surface area contributed by atoms with Crippen molar-refractivity contribution < 1.29 is 0 Å². The molecule has 2 aromatic heterocycles. The molecule has 1 aliphatic heterocycles. The molecule has 24 heavy (non-hydrogen) atoms. The summed E-state index contributed by atoms with van der Waals surface area (Å²) < 4.78 is 0. The summed E-state index contributed by atoms with van der Waals surface area (Å²) in [5, 5.41) is 1.01.